The first-order valence-corrected chi connectivity index (χ1v) is 8.11. The summed E-state index contributed by atoms with van der Waals surface area (Å²) in [7, 11) is 0. The molecule has 3 aromatic carbocycles. The van der Waals surface area contributed by atoms with E-state index in [1.807, 2.05) is 66.7 Å². The molecule has 25 heavy (non-hydrogen) atoms. The molecule has 1 N–H and O–H groups in total. The van der Waals surface area contributed by atoms with Crippen molar-refractivity contribution in [2.45, 2.75) is 0 Å². The molecule has 120 valence electrons. The number of nitriles is 1. The van der Waals surface area contributed by atoms with E-state index in [4.69, 9.17) is 5.26 Å². The largest absolute Gasteiger partial charge is 0.354 e. The van der Waals surface area contributed by atoms with Crippen molar-refractivity contribution in [1.82, 2.24) is 0 Å². The number of nitrogens with one attached hydrogen (secondary N) is 1. The Morgan fingerprint density at radius 1 is 0.760 bits per heavy atom. The van der Waals surface area contributed by atoms with Crippen molar-refractivity contribution in [3.8, 4) is 6.07 Å². The smallest absolute Gasteiger partial charge is 0.0934 e. The highest BCUT2D eigenvalue weighted by molar-refractivity contribution is 5.84. The Kier molecular flexibility index (Phi) is 5.43. The Labute approximate surface area is 148 Å². The van der Waals surface area contributed by atoms with Crippen LogP contribution in [0.4, 0.5) is 5.69 Å². The molecule has 0 heterocycles. The van der Waals surface area contributed by atoms with E-state index < -0.39 is 0 Å². The molecular weight excluding hydrogens is 304 g/mol. The highest BCUT2D eigenvalue weighted by Gasteiger charge is 2.04. The van der Waals surface area contributed by atoms with E-state index in [0.29, 0.717) is 0 Å². The van der Waals surface area contributed by atoms with Gasteiger partial charge in [0.15, 0.2) is 0 Å². The zero-order valence-electron chi connectivity index (χ0n) is 13.8. The molecule has 0 atom stereocenters. The van der Waals surface area contributed by atoms with Crippen LogP contribution in [0.1, 0.15) is 16.7 Å². The molecule has 0 aliphatic carbocycles. The number of anilines is 1. The second kappa shape index (κ2) is 8.33. The third-order valence-electron chi connectivity index (χ3n) is 3.78. The van der Waals surface area contributed by atoms with Crippen molar-refractivity contribution in [1.29, 1.82) is 5.26 Å². The molecule has 0 unspecified atom stereocenters. The van der Waals surface area contributed by atoms with E-state index >= 15 is 0 Å². The number of hydrogen-bond acceptors (Lipinski definition) is 2. The zero-order valence-corrected chi connectivity index (χ0v) is 13.8. The van der Waals surface area contributed by atoms with E-state index in [1.54, 1.807) is 0 Å². The second-order valence-electron chi connectivity index (χ2n) is 5.51. The van der Waals surface area contributed by atoms with Gasteiger partial charge < -0.3 is 5.32 Å². The molecule has 0 aliphatic heterocycles. The van der Waals surface area contributed by atoms with Crippen molar-refractivity contribution >= 4 is 23.5 Å². The normalized spacial score (nSPS) is 11.2. The van der Waals surface area contributed by atoms with E-state index in [9.17, 15) is 0 Å². The molecule has 3 rings (SSSR count). The molecule has 0 saturated carbocycles. The molecule has 0 amide bonds. The van der Waals surface area contributed by atoms with E-state index in [-0.39, 0.29) is 0 Å². The number of benzene rings is 3. The highest BCUT2D eigenvalue weighted by atomic mass is 14.9. The Bertz CT molecular complexity index is 917. The van der Waals surface area contributed by atoms with Gasteiger partial charge in [-0.05, 0) is 22.8 Å². The van der Waals surface area contributed by atoms with Crippen LogP contribution in [-0.4, -0.2) is 0 Å². The Morgan fingerprint density at radius 2 is 1.40 bits per heavy atom. The van der Waals surface area contributed by atoms with Crippen LogP contribution in [0.15, 0.2) is 91.0 Å². The zero-order chi connectivity index (χ0) is 17.3. The molecule has 0 bridgehead atoms. The van der Waals surface area contributed by atoms with Crippen LogP contribution < -0.4 is 5.32 Å². The summed E-state index contributed by atoms with van der Waals surface area (Å²) < 4.78 is 0. The molecule has 0 radical (unpaired) electrons. The predicted molar refractivity (Wildman–Crippen MR) is 105 cm³/mol. The number of para-hydroxylation sites is 1. The number of hydrogen-bond donors (Lipinski definition) is 1. The molecular formula is C23H18N2. The fourth-order valence-corrected chi connectivity index (χ4v) is 2.53. The quantitative estimate of drug-likeness (QED) is 0.473. The highest BCUT2D eigenvalue weighted by Crippen LogP contribution is 2.23. The second-order valence-corrected chi connectivity index (χ2v) is 5.51. The van der Waals surface area contributed by atoms with Gasteiger partial charge in [-0.2, -0.15) is 5.26 Å². The van der Waals surface area contributed by atoms with Gasteiger partial charge in [-0.1, -0.05) is 91.0 Å². The lowest BCUT2D eigenvalue weighted by molar-refractivity contribution is 1.50. The average Bonchev–Trinajstić information content (AvgIpc) is 2.68. The van der Waals surface area contributed by atoms with Gasteiger partial charge in [0.05, 0.1) is 11.8 Å². The summed E-state index contributed by atoms with van der Waals surface area (Å²) in [5, 5.41) is 12.5. The minimum atomic E-state index is 0.781. The fraction of sp³-hybridized carbons (Fsp3) is 0. The van der Waals surface area contributed by atoms with Crippen LogP contribution >= 0.6 is 0 Å². The Morgan fingerprint density at radius 3 is 2.12 bits per heavy atom. The van der Waals surface area contributed by atoms with Crippen LogP contribution in [0.3, 0.4) is 0 Å². The van der Waals surface area contributed by atoms with Crippen molar-refractivity contribution in [2.24, 2.45) is 0 Å². The van der Waals surface area contributed by atoms with Gasteiger partial charge in [0, 0.05) is 11.8 Å². The fourth-order valence-electron chi connectivity index (χ4n) is 2.53. The first-order valence-electron chi connectivity index (χ1n) is 8.11. The van der Waals surface area contributed by atoms with Crippen LogP contribution in [0.2, 0.25) is 0 Å². The molecule has 0 fully saturated rings. The predicted octanol–water partition coefficient (Wildman–Crippen LogP) is 5.83. The summed E-state index contributed by atoms with van der Waals surface area (Å²) in [6, 6.07) is 30.2. The first-order chi connectivity index (χ1) is 12.4. The lowest BCUT2D eigenvalue weighted by Crippen LogP contribution is -2.00. The molecule has 0 aromatic heterocycles. The minimum Gasteiger partial charge on any atom is -0.354 e. The maximum atomic E-state index is 9.12. The van der Waals surface area contributed by atoms with Gasteiger partial charge in [-0.3, -0.25) is 0 Å². The van der Waals surface area contributed by atoms with Crippen molar-refractivity contribution in [3.63, 3.8) is 0 Å². The topological polar surface area (TPSA) is 35.8 Å². The van der Waals surface area contributed by atoms with Crippen LogP contribution in [0, 0.1) is 11.3 Å². The van der Waals surface area contributed by atoms with Crippen molar-refractivity contribution in [2.75, 3.05) is 5.32 Å². The van der Waals surface area contributed by atoms with E-state index in [0.717, 1.165) is 28.1 Å². The Balaban J connectivity index is 1.89. The Hall–Kier alpha value is -3.57. The summed E-state index contributed by atoms with van der Waals surface area (Å²) in [6.45, 7) is 0. The SMILES string of the molecule is N#C/C=C(/Nc1ccccc1/C=C/c1ccccc1)c1ccccc1. The number of allylic oxidation sites excluding steroid dienone is 1. The van der Waals surface area contributed by atoms with Gasteiger partial charge in [0.1, 0.15) is 0 Å². The van der Waals surface area contributed by atoms with Gasteiger partial charge >= 0.3 is 0 Å². The van der Waals surface area contributed by atoms with Gasteiger partial charge in [-0.25, -0.2) is 0 Å². The van der Waals surface area contributed by atoms with Crippen LogP contribution in [0.25, 0.3) is 17.8 Å². The summed E-state index contributed by atoms with van der Waals surface area (Å²) in [5.74, 6) is 0. The number of nitrogens with zero attached hydrogens (tertiary/aromatic N) is 1. The van der Waals surface area contributed by atoms with Crippen molar-refractivity contribution in [3.05, 3.63) is 108 Å². The summed E-state index contributed by atoms with van der Waals surface area (Å²) in [6.07, 6.45) is 5.69. The van der Waals surface area contributed by atoms with Crippen LogP contribution in [-0.2, 0) is 0 Å². The summed E-state index contributed by atoms with van der Waals surface area (Å²) >= 11 is 0. The van der Waals surface area contributed by atoms with Crippen LogP contribution in [0.5, 0.6) is 0 Å². The standard InChI is InChI=1S/C23H18N2/c24-18-17-23(20-11-5-2-6-12-20)25-22-14-8-7-13-21(22)16-15-19-9-3-1-4-10-19/h1-17,25H/b16-15+,23-17+. The maximum Gasteiger partial charge on any atom is 0.0934 e. The molecule has 0 spiro atoms. The van der Waals surface area contributed by atoms with Gasteiger partial charge in [-0.15, -0.1) is 0 Å². The van der Waals surface area contributed by atoms with Gasteiger partial charge in [0.2, 0.25) is 0 Å². The molecule has 0 aliphatic rings. The van der Waals surface area contributed by atoms with E-state index in [2.05, 4.69) is 41.7 Å². The molecule has 2 heteroatoms. The average molecular weight is 322 g/mol. The minimum absolute atomic E-state index is 0.781. The molecule has 0 saturated heterocycles. The monoisotopic (exact) mass is 322 g/mol. The third-order valence-corrected chi connectivity index (χ3v) is 3.78. The molecule has 2 nitrogen and oxygen atoms in total. The summed E-state index contributed by atoms with van der Waals surface area (Å²) in [4.78, 5) is 0. The third kappa shape index (κ3) is 4.46. The van der Waals surface area contributed by atoms with Gasteiger partial charge in [0.25, 0.3) is 0 Å². The van der Waals surface area contributed by atoms with E-state index in [1.165, 1.54) is 6.08 Å². The lowest BCUT2D eigenvalue weighted by atomic mass is 10.1. The first kappa shape index (κ1) is 16.3. The number of rotatable bonds is 5. The van der Waals surface area contributed by atoms with Crippen molar-refractivity contribution < 1.29 is 0 Å². The lowest BCUT2D eigenvalue weighted by Gasteiger charge is -2.13. The molecule has 3 aromatic rings. The maximum absolute atomic E-state index is 9.12. The summed E-state index contributed by atoms with van der Waals surface area (Å²) in [5.41, 5.74) is 4.92.